The molecule has 124 valence electrons. The van der Waals surface area contributed by atoms with Crippen molar-refractivity contribution >= 4 is 11.8 Å². The molecule has 0 aromatic heterocycles. The average Bonchev–Trinajstić information content (AvgIpc) is 3.42. The Labute approximate surface area is 142 Å². The lowest BCUT2D eigenvalue weighted by Gasteiger charge is -2.19. The summed E-state index contributed by atoms with van der Waals surface area (Å²) in [6.07, 6.45) is 2.17. The third-order valence-electron chi connectivity index (χ3n) is 4.62. The van der Waals surface area contributed by atoms with E-state index in [2.05, 4.69) is 22.8 Å². The first-order valence-corrected chi connectivity index (χ1v) is 8.30. The summed E-state index contributed by atoms with van der Waals surface area (Å²) in [5.74, 6) is -0.385. The van der Waals surface area contributed by atoms with Gasteiger partial charge in [-0.2, -0.15) is 0 Å². The Morgan fingerprint density at radius 3 is 2.17 bits per heavy atom. The number of hydrogen-bond acceptors (Lipinski definition) is 2. The topological polar surface area (TPSA) is 58.2 Å². The van der Waals surface area contributed by atoms with Crippen LogP contribution in [0.5, 0.6) is 0 Å². The van der Waals surface area contributed by atoms with E-state index in [0.717, 1.165) is 12.8 Å². The van der Waals surface area contributed by atoms with Gasteiger partial charge in [0.2, 0.25) is 5.91 Å². The highest BCUT2D eigenvalue weighted by Crippen LogP contribution is 2.47. The number of benzene rings is 2. The molecule has 0 radical (unpaired) electrons. The Kier molecular flexibility index (Phi) is 4.65. The molecule has 4 nitrogen and oxygen atoms in total. The lowest BCUT2D eigenvalue weighted by molar-refractivity contribution is -0.122. The first-order chi connectivity index (χ1) is 11.6. The van der Waals surface area contributed by atoms with Crippen LogP contribution in [0.2, 0.25) is 0 Å². The van der Waals surface area contributed by atoms with E-state index in [0.29, 0.717) is 12.1 Å². The van der Waals surface area contributed by atoms with Crippen molar-refractivity contribution in [2.75, 3.05) is 6.54 Å². The largest absolute Gasteiger partial charge is 0.353 e. The Bertz CT molecular complexity index is 709. The second-order valence-electron chi connectivity index (χ2n) is 6.43. The van der Waals surface area contributed by atoms with Gasteiger partial charge < -0.3 is 10.6 Å². The van der Waals surface area contributed by atoms with Crippen LogP contribution in [-0.4, -0.2) is 24.4 Å². The normalized spacial score (nSPS) is 16.0. The lowest BCUT2D eigenvalue weighted by Crippen LogP contribution is -2.46. The Balaban J connectivity index is 1.53. The minimum absolute atomic E-state index is 0.0695. The van der Waals surface area contributed by atoms with E-state index < -0.39 is 6.04 Å². The average molecular weight is 322 g/mol. The van der Waals surface area contributed by atoms with E-state index in [1.807, 2.05) is 24.3 Å². The maximum absolute atomic E-state index is 12.3. The molecule has 1 atom stereocenters. The smallest absolute Gasteiger partial charge is 0.251 e. The van der Waals surface area contributed by atoms with Gasteiger partial charge >= 0.3 is 0 Å². The van der Waals surface area contributed by atoms with Crippen molar-refractivity contribution in [3.63, 3.8) is 0 Å². The standard InChI is InChI=1S/C20H22N2O2/c1-15(22-19(24)16-8-4-2-5-9-16)18(23)21-14-20(12-13-20)17-10-6-3-7-11-17/h2-11,15H,12-14H2,1H3,(H,21,23)(H,22,24). The van der Waals surface area contributed by atoms with Gasteiger partial charge in [0.15, 0.2) is 0 Å². The molecule has 1 saturated carbocycles. The predicted molar refractivity (Wildman–Crippen MR) is 93.7 cm³/mol. The molecule has 0 spiro atoms. The quantitative estimate of drug-likeness (QED) is 0.859. The monoisotopic (exact) mass is 322 g/mol. The van der Waals surface area contributed by atoms with Crippen LogP contribution in [0, 0.1) is 0 Å². The van der Waals surface area contributed by atoms with Crippen LogP contribution in [0.4, 0.5) is 0 Å². The summed E-state index contributed by atoms with van der Waals surface area (Å²) in [5.41, 5.74) is 1.89. The second-order valence-corrected chi connectivity index (χ2v) is 6.43. The molecule has 0 heterocycles. The summed E-state index contributed by atoms with van der Waals surface area (Å²) in [5, 5.41) is 5.73. The molecule has 24 heavy (non-hydrogen) atoms. The minimum atomic E-state index is -0.565. The Morgan fingerprint density at radius 1 is 1.00 bits per heavy atom. The first kappa shape index (κ1) is 16.2. The van der Waals surface area contributed by atoms with Crippen molar-refractivity contribution in [2.24, 2.45) is 0 Å². The van der Waals surface area contributed by atoms with Crippen molar-refractivity contribution in [3.8, 4) is 0 Å². The number of amides is 2. The molecular weight excluding hydrogens is 300 g/mol. The zero-order chi connectivity index (χ0) is 17.0. The van der Waals surface area contributed by atoms with Crippen LogP contribution in [0.25, 0.3) is 0 Å². The van der Waals surface area contributed by atoms with Crippen LogP contribution < -0.4 is 10.6 Å². The number of rotatable bonds is 6. The summed E-state index contributed by atoms with van der Waals surface area (Å²) in [6, 6.07) is 18.6. The molecule has 0 aliphatic heterocycles. The van der Waals surface area contributed by atoms with Crippen LogP contribution in [0.15, 0.2) is 60.7 Å². The number of hydrogen-bond donors (Lipinski definition) is 2. The number of carbonyl (C=O) groups excluding carboxylic acids is 2. The fourth-order valence-electron chi connectivity index (χ4n) is 2.85. The highest BCUT2D eigenvalue weighted by molar-refractivity contribution is 5.97. The second kappa shape index (κ2) is 6.87. The minimum Gasteiger partial charge on any atom is -0.353 e. The van der Waals surface area contributed by atoms with Gasteiger partial charge in [0.25, 0.3) is 5.91 Å². The fourth-order valence-corrected chi connectivity index (χ4v) is 2.85. The molecule has 1 aliphatic rings. The first-order valence-electron chi connectivity index (χ1n) is 8.30. The molecule has 2 N–H and O–H groups in total. The Morgan fingerprint density at radius 2 is 1.58 bits per heavy atom. The molecule has 3 rings (SSSR count). The number of carbonyl (C=O) groups is 2. The molecule has 2 aromatic rings. The maximum Gasteiger partial charge on any atom is 0.251 e. The summed E-state index contributed by atoms with van der Waals surface area (Å²) in [6.45, 7) is 2.32. The highest BCUT2D eigenvalue weighted by atomic mass is 16.2. The van der Waals surface area contributed by atoms with Crippen molar-refractivity contribution in [1.29, 1.82) is 0 Å². The van der Waals surface area contributed by atoms with Crippen molar-refractivity contribution < 1.29 is 9.59 Å². The van der Waals surface area contributed by atoms with E-state index in [1.54, 1.807) is 31.2 Å². The van der Waals surface area contributed by atoms with Gasteiger partial charge in [0.1, 0.15) is 6.04 Å². The van der Waals surface area contributed by atoms with Crippen LogP contribution in [0.3, 0.4) is 0 Å². The molecule has 2 aromatic carbocycles. The molecule has 4 heteroatoms. The van der Waals surface area contributed by atoms with Crippen molar-refractivity contribution in [1.82, 2.24) is 10.6 Å². The van der Waals surface area contributed by atoms with Gasteiger partial charge in [-0.05, 0) is 37.5 Å². The molecule has 1 aliphatic carbocycles. The van der Waals surface area contributed by atoms with Crippen molar-refractivity contribution in [3.05, 3.63) is 71.8 Å². The van der Waals surface area contributed by atoms with E-state index in [4.69, 9.17) is 0 Å². The Hall–Kier alpha value is -2.62. The number of nitrogens with one attached hydrogen (secondary N) is 2. The van der Waals surface area contributed by atoms with E-state index >= 15 is 0 Å². The van der Waals surface area contributed by atoms with Gasteiger partial charge in [-0.25, -0.2) is 0 Å². The molecule has 2 amide bonds. The van der Waals surface area contributed by atoms with Gasteiger partial charge in [-0.1, -0.05) is 48.5 Å². The predicted octanol–water partition coefficient (Wildman–Crippen LogP) is 2.65. The summed E-state index contributed by atoms with van der Waals surface area (Å²) >= 11 is 0. The SMILES string of the molecule is CC(NC(=O)c1ccccc1)C(=O)NCC1(c2ccccc2)CC1. The summed E-state index contributed by atoms with van der Waals surface area (Å²) in [4.78, 5) is 24.4. The fraction of sp³-hybridized carbons (Fsp3) is 0.300. The van der Waals surface area contributed by atoms with Crippen molar-refractivity contribution in [2.45, 2.75) is 31.2 Å². The summed E-state index contributed by atoms with van der Waals surface area (Å²) < 4.78 is 0. The van der Waals surface area contributed by atoms with Gasteiger partial charge in [0.05, 0.1) is 0 Å². The van der Waals surface area contributed by atoms with E-state index in [9.17, 15) is 9.59 Å². The van der Waals surface area contributed by atoms with Gasteiger partial charge in [0, 0.05) is 17.5 Å². The third-order valence-corrected chi connectivity index (χ3v) is 4.62. The van der Waals surface area contributed by atoms with Crippen LogP contribution >= 0.6 is 0 Å². The molecule has 0 saturated heterocycles. The molecule has 0 bridgehead atoms. The zero-order valence-corrected chi connectivity index (χ0v) is 13.8. The van der Waals surface area contributed by atoms with Crippen LogP contribution in [-0.2, 0) is 10.2 Å². The highest BCUT2D eigenvalue weighted by Gasteiger charge is 2.44. The molecule has 1 unspecified atom stereocenters. The molecular formula is C20H22N2O2. The zero-order valence-electron chi connectivity index (χ0n) is 13.8. The van der Waals surface area contributed by atoms with E-state index in [1.165, 1.54) is 5.56 Å². The maximum atomic E-state index is 12.3. The third kappa shape index (κ3) is 3.65. The van der Waals surface area contributed by atoms with Crippen LogP contribution in [0.1, 0.15) is 35.7 Å². The van der Waals surface area contributed by atoms with Gasteiger partial charge in [-0.15, -0.1) is 0 Å². The lowest BCUT2D eigenvalue weighted by atomic mass is 9.96. The van der Waals surface area contributed by atoms with Gasteiger partial charge in [-0.3, -0.25) is 9.59 Å². The summed E-state index contributed by atoms with van der Waals surface area (Å²) in [7, 11) is 0. The van der Waals surface area contributed by atoms with E-state index in [-0.39, 0.29) is 17.2 Å². The molecule has 1 fully saturated rings.